The molecule has 0 bridgehead atoms. The number of nitrogens with zero attached hydrogens (tertiary/aromatic N) is 2. The minimum atomic E-state index is -0.255. The lowest BCUT2D eigenvalue weighted by molar-refractivity contribution is 0.133. The molecule has 4 nitrogen and oxygen atoms in total. The summed E-state index contributed by atoms with van der Waals surface area (Å²) < 4.78 is 5.88. The van der Waals surface area contributed by atoms with Crippen molar-refractivity contribution >= 4 is 23.2 Å². The maximum atomic E-state index is 6.04. The number of allylic oxidation sites excluding steroid dienone is 1. The zero-order valence-electron chi connectivity index (χ0n) is 14.8. The minimum absolute atomic E-state index is 0.255. The Morgan fingerprint density at radius 1 is 1.04 bits per heavy atom. The third-order valence-electron chi connectivity index (χ3n) is 5.39. The first-order valence-corrected chi connectivity index (χ1v) is 10.1. The molecule has 1 aliphatic carbocycles. The summed E-state index contributed by atoms with van der Waals surface area (Å²) in [4.78, 5) is 5.08. The van der Waals surface area contributed by atoms with Crippen molar-refractivity contribution in [3.8, 4) is 5.75 Å². The second-order valence-corrected chi connectivity index (χ2v) is 7.90. The zero-order valence-corrected chi connectivity index (χ0v) is 16.3. The Bertz CT molecular complexity index is 702. The summed E-state index contributed by atoms with van der Waals surface area (Å²) in [6.07, 6.45) is 12.5. The molecule has 4 rings (SSSR count). The second-order valence-electron chi connectivity index (χ2n) is 7.09. The molecule has 1 aromatic carbocycles. The van der Waals surface area contributed by atoms with E-state index in [-0.39, 0.29) is 6.23 Å². The molecule has 139 valence electrons. The van der Waals surface area contributed by atoms with Gasteiger partial charge in [-0.05, 0) is 43.5 Å². The van der Waals surface area contributed by atoms with Crippen molar-refractivity contribution in [2.75, 3.05) is 26.2 Å². The van der Waals surface area contributed by atoms with E-state index < -0.39 is 0 Å². The molecular formula is C20H24Cl2N3O. The van der Waals surface area contributed by atoms with Crippen LogP contribution in [0.1, 0.15) is 25.7 Å². The SMILES string of the molecule is Clc1ccc(OC2C=CC(N3CCCN(C4CCC4)CC3)=[C]N2)cc1Cl. The van der Waals surface area contributed by atoms with Crippen molar-refractivity contribution in [2.45, 2.75) is 38.0 Å². The molecule has 6 heteroatoms. The van der Waals surface area contributed by atoms with Crippen LogP contribution in [0.3, 0.4) is 0 Å². The van der Waals surface area contributed by atoms with Crippen molar-refractivity contribution in [1.82, 2.24) is 15.1 Å². The van der Waals surface area contributed by atoms with Crippen LogP contribution in [0.5, 0.6) is 5.75 Å². The Labute approximate surface area is 165 Å². The summed E-state index contributed by atoms with van der Waals surface area (Å²) in [5.41, 5.74) is 1.11. The van der Waals surface area contributed by atoms with Gasteiger partial charge in [-0.3, -0.25) is 4.90 Å². The largest absolute Gasteiger partial charge is 0.467 e. The van der Waals surface area contributed by atoms with E-state index in [0.717, 1.165) is 31.4 Å². The molecule has 1 N–H and O–H groups in total. The Morgan fingerprint density at radius 3 is 2.62 bits per heavy atom. The predicted molar refractivity (Wildman–Crippen MR) is 105 cm³/mol. The van der Waals surface area contributed by atoms with E-state index in [4.69, 9.17) is 27.9 Å². The molecule has 0 amide bonds. The van der Waals surface area contributed by atoms with E-state index in [1.807, 2.05) is 12.1 Å². The number of ether oxygens (including phenoxy) is 1. The van der Waals surface area contributed by atoms with Gasteiger partial charge < -0.3 is 15.0 Å². The third kappa shape index (κ3) is 4.13. The summed E-state index contributed by atoms with van der Waals surface area (Å²) in [5.74, 6) is 0.678. The molecule has 3 aliphatic rings. The van der Waals surface area contributed by atoms with Crippen molar-refractivity contribution in [2.24, 2.45) is 0 Å². The molecule has 2 fully saturated rings. The number of nitrogens with one attached hydrogen (secondary N) is 1. The van der Waals surface area contributed by atoms with Crippen molar-refractivity contribution < 1.29 is 4.74 Å². The van der Waals surface area contributed by atoms with Gasteiger partial charge in [-0.2, -0.15) is 0 Å². The summed E-state index contributed by atoms with van der Waals surface area (Å²) in [7, 11) is 0. The van der Waals surface area contributed by atoms with E-state index >= 15 is 0 Å². The van der Waals surface area contributed by atoms with Crippen LogP contribution >= 0.6 is 23.2 Å². The van der Waals surface area contributed by atoms with E-state index in [9.17, 15) is 0 Å². The minimum Gasteiger partial charge on any atom is -0.467 e. The summed E-state index contributed by atoms with van der Waals surface area (Å²) in [6, 6.07) is 6.11. The smallest absolute Gasteiger partial charge is 0.189 e. The molecule has 1 unspecified atom stereocenters. The van der Waals surface area contributed by atoms with Crippen LogP contribution in [0.15, 0.2) is 36.0 Å². The van der Waals surface area contributed by atoms with Crippen molar-refractivity contribution in [3.05, 3.63) is 52.3 Å². The van der Waals surface area contributed by atoms with E-state index in [1.54, 1.807) is 12.1 Å². The molecule has 1 radical (unpaired) electrons. The first-order valence-electron chi connectivity index (χ1n) is 9.36. The first kappa shape index (κ1) is 18.0. The van der Waals surface area contributed by atoms with Crippen LogP contribution in [-0.2, 0) is 0 Å². The van der Waals surface area contributed by atoms with Crippen LogP contribution in [-0.4, -0.2) is 48.2 Å². The average molecular weight is 393 g/mol. The highest BCUT2D eigenvalue weighted by atomic mass is 35.5. The molecular weight excluding hydrogens is 369 g/mol. The highest BCUT2D eigenvalue weighted by Gasteiger charge is 2.27. The van der Waals surface area contributed by atoms with Crippen molar-refractivity contribution in [1.29, 1.82) is 0 Å². The lowest BCUT2D eigenvalue weighted by atomic mass is 9.91. The van der Waals surface area contributed by atoms with Gasteiger partial charge in [0.15, 0.2) is 6.23 Å². The van der Waals surface area contributed by atoms with Gasteiger partial charge in [-0.25, -0.2) is 0 Å². The molecule has 26 heavy (non-hydrogen) atoms. The van der Waals surface area contributed by atoms with Crippen LogP contribution in [0.2, 0.25) is 10.0 Å². The van der Waals surface area contributed by atoms with Crippen LogP contribution in [0.25, 0.3) is 0 Å². The Hall–Kier alpha value is -1.36. The highest BCUT2D eigenvalue weighted by Crippen LogP contribution is 2.28. The van der Waals surface area contributed by atoms with Gasteiger partial charge in [0.1, 0.15) is 5.75 Å². The quantitative estimate of drug-likeness (QED) is 0.835. The normalized spacial score (nSPS) is 24.5. The number of benzene rings is 1. The van der Waals surface area contributed by atoms with Gasteiger partial charge in [0, 0.05) is 38.3 Å². The van der Waals surface area contributed by atoms with Crippen LogP contribution < -0.4 is 10.1 Å². The highest BCUT2D eigenvalue weighted by molar-refractivity contribution is 6.42. The van der Waals surface area contributed by atoms with Gasteiger partial charge in [-0.1, -0.05) is 29.6 Å². The summed E-state index contributed by atoms with van der Waals surface area (Å²) >= 11 is 12.0. The maximum Gasteiger partial charge on any atom is 0.189 e. The first-order chi connectivity index (χ1) is 12.7. The topological polar surface area (TPSA) is 27.7 Å². The van der Waals surface area contributed by atoms with Gasteiger partial charge in [0.25, 0.3) is 0 Å². The van der Waals surface area contributed by atoms with Gasteiger partial charge in [0.05, 0.1) is 21.9 Å². The Balaban J connectivity index is 1.31. The Morgan fingerprint density at radius 2 is 1.92 bits per heavy atom. The predicted octanol–water partition coefficient (Wildman–Crippen LogP) is 4.06. The molecule has 0 spiro atoms. The average Bonchev–Trinajstić information content (AvgIpc) is 2.84. The molecule has 1 saturated heterocycles. The summed E-state index contributed by atoms with van der Waals surface area (Å²) in [5, 5.41) is 4.21. The lowest BCUT2D eigenvalue weighted by Gasteiger charge is -2.37. The molecule has 2 heterocycles. The van der Waals surface area contributed by atoms with E-state index in [0.29, 0.717) is 15.8 Å². The number of hydrogen-bond acceptors (Lipinski definition) is 4. The van der Waals surface area contributed by atoms with Crippen molar-refractivity contribution in [3.63, 3.8) is 0 Å². The zero-order chi connectivity index (χ0) is 17.9. The molecule has 1 saturated carbocycles. The second kappa shape index (κ2) is 8.12. The van der Waals surface area contributed by atoms with Crippen LogP contribution in [0.4, 0.5) is 0 Å². The standard InChI is InChI=1S/C20H24Cl2N3O/c21-18-7-6-17(13-19(18)22)26-20-8-5-16(14-23-20)25-10-2-9-24(11-12-25)15-3-1-4-15/h5-8,13,15,20,23H,1-4,9-12H2. The monoisotopic (exact) mass is 392 g/mol. The molecule has 0 aromatic heterocycles. The van der Waals surface area contributed by atoms with Gasteiger partial charge in [-0.15, -0.1) is 0 Å². The fourth-order valence-corrected chi connectivity index (χ4v) is 3.95. The third-order valence-corrected chi connectivity index (χ3v) is 6.13. The maximum absolute atomic E-state index is 6.04. The number of hydrogen-bond donors (Lipinski definition) is 1. The Kier molecular flexibility index (Phi) is 5.63. The van der Waals surface area contributed by atoms with Gasteiger partial charge >= 0.3 is 0 Å². The molecule has 1 atom stereocenters. The fraction of sp³-hybridized carbons (Fsp3) is 0.500. The van der Waals surface area contributed by atoms with Gasteiger partial charge in [0.2, 0.25) is 0 Å². The number of rotatable bonds is 4. The molecule has 1 aromatic rings. The van der Waals surface area contributed by atoms with E-state index in [2.05, 4.69) is 27.4 Å². The number of dihydropyridines is 1. The van der Waals surface area contributed by atoms with E-state index in [1.165, 1.54) is 32.2 Å². The lowest BCUT2D eigenvalue weighted by Crippen LogP contribution is -2.42. The summed E-state index contributed by atoms with van der Waals surface area (Å²) in [6.45, 7) is 4.50. The number of halogens is 2. The van der Waals surface area contributed by atoms with Crippen LogP contribution in [0, 0.1) is 6.20 Å². The fourth-order valence-electron chi connectivity index (χ4n) is 3.66. The molecule has 2 aliphatic heterocycles.